The highest BCUT2D eigenvalue weighted by Gasteiger charge is 2.12. The van der Waals surface area contributed by atoms with E-state index in [0.29, 0.717) is 24.5 Å². The highest BCUT2D eigenvalue weighted by atomic mass is 16.5. The molecule has 14 heavy (non-hydrogen) atoms. The predicted molar refractivity (Wildman–Crippen MR) is 56.1 cm³/mol. The third kappa shape index (κ3) is 1.58. The van der Waals surface area contributed by atoms with Crippen molar-refractivity contribution in [2.24, 2.45) is 10.8 Å². The molecule has 4 nitrogen and oxygen atoms in total. The molecule has 0 unspecified atom stereocenters. The summed E-state index contributed by atoms with van der Waals surface area (Å²) in [5.74, 6) is 6.73. The Balaban J connectivity index is 2.51. The summed E-state index contributed by atoms with van der Waals surface area (Å²) in [6.07, 6.45) is 0. The van der Waals surface area contributed by atoms with E-state index in [2.05, 4.69) is 10.4 Å². The van der Waals surface area contributed by atoms with Crippen molar-refractivity contribution in [3.63, 3.8) is 0 Å². The van der Waals surface area contributed by atoms with Gasteiger partial charge in [0, 0.05) is 0 Å². The molecule has 0 amide bonds. The fraction of sp³-hybridized carbons (Fsp3) is 0.222. The number of fused-ring (bicyclic) bond motifs is 1. The first kappa shape index (κ1) is 9.08. The van der Waals surface area contributed by atoms with Crippen LogP contribution in [-0.4, -0.2) is 26.8 Å². The SMILES string of the molecule is [B]c1ccc2c(c1)C(NN)=NCCO2. The molecule has 2 radical (unpaired) electrons. The third-order valence-electron chi connectivity index (χ3n) is 2.01. The molecule has 1 heterocycles. The molecule has 0 spiro atoms. The molecule has 0 saturated heterocycles. The summed E-state index contributed by atoms with van der Waals surface area (Å²) in [5, 5.41) is 0. The second-order valence-corrected chi connectivity index (χ2v) is 2.98. The first-order chi connectivity index (χ1) is 6.81. The molecule has 5 heteroatoms. The monoisotopic (exact) mass is 187 g/mol. The van der Waals surface area contributed by atoms with Crippen molar-refractivity contribution in [2.45, 2.75) is 0 Å². The van der Waals surface area contributed by atoms with E-state index in [0.717, 1.165) is 11.3 Å². The molecule has 0 saturated carbocycles. The van der Waals surface area contributed by atoms with Crippen LogP contribution in [0.3, 0.4) is 0 Å². The lowest BCUT2D eigenvalue weighted by atomic mass is 9.94. The van der Waals surface area contributed by atoms with E-state index in [9.17, 15) is 0 Å². The van der Waals surface area contributed by atoms with Gasteiger partial charge in [0.2, 0.25) is 0 Å². The topological polar surface area (TPSA) is 59.6 Å². The molecule has 0 aliphatic carbocycles. The molecule has 0 atom stereocenters. The maximum atomic E-state index is 5.67. The third-order valence-corrected chi connectivity index (χ3v) is 2.01. The number of hydrogen-bond donors (Lipinski definition) is 2. The zero-order valence-corrected chi connectivity index (χ0v) is 7.66. The molecule has 3 N–H and O–H groups in total. The van der Waals surface area contributed by atoms with Crippen LogP contribution in [0.4, 0.5) is 0 Å². The van der Waals surface area contributed by atoms with Crippen LogP contribution in [-0.2, 0) is 0 Å². The van der Waals surface area contributed by atoms with E-state index in [-0.39, 0.29) is 0 Å². The quantitative estimate of drug-likeness (QED) is 0.314. The maximum Gasteiger partial charge on any atom is 0.146 e. The molecule has 0 fully saturated rings. The van der Waals surface area contributed by atoms with Gasteiger partial charge in [0.05, 0.1) is 12.1 Å². The van der Waals surface area contributed by atoms with Crippen LogP contribution in [0.5, 0.6) is 5.75 Å². The number of nitrogens with two attached hydrogens (primary N) is 1. The highest BCUT2D eigenvalue weighted by molar-refractivity contribution is 6.32. The van der Waals surface area contributed by atoms with Crippen LogP contribution in [0.2, 0.25) is 0 Å². The molecule has 1 aliphatic heterocycles. The minimum Gasteiger partial charge on any atom is -0.491 e. The molecule has 0 bridgehead atoms. The first-order valence-corrected chi connectivity index (χ1v) is 4.35. The molecule has 1 aromatic carbocycles. The molecular formula is C9H10BN3O. The van der Waals surface area contributed by atoms with Gasteiger partial charge in [-0.25, -0.2) is 5.84 Å². The lowest BCUT2D eigenvalue weighted by Crippen LogP contribution is -2.31. The van der Waals surface area contributed by atoms with Crippen molar-refractivity contribution >= 4 is 19.1 Å². The van der Waals surface area contributed by atoms with Crippen LogP contribution in [0.1, 0.15) is 5.56 Å². The van der Waals surface area contributed by atoms with Crippen LogP contribution in [0.15, 0.2) is 23.2 Å². The van der Waals surface area contributed by atoms with Gasteiger partial charge in [-0.1, -0.05) is 17.6 Å². The maximum absolute atomic E-state index is 5.67. The lowest BCUT2D eigenvalue weighted by molar-refractivity contribution is 0.331. The summed E-state index contributed by atoms with van der Waals surface area (Å²) < 4.78 is 5.47. The van der Waals surface area contributed by atoms with Gasteiger partial charge in [-0.2, -0.15) is 0 Å². The first-order valence-electron chi connectivity index (χ1n) is 4.35. The molecule has 2 rings (SSSR count). The fourth-order valence-corrected chi connectivity index (χ4v) is 1.38. The Morgan fingerprint density at radius 1 is 1.50 bits per heavy atom. The Labute approximate surface area is 83.5 Å². The number of nitrogens with one attached hydrogen (secondary N) is 1. The standard InChI is InChI=1S/C9H10BN3O/c10-6-1-2-8-7(5-6)9(13-11)12-3-4-14-8/h1-2,5H,3-4,11H2,(H,12,13). The van der Waals surface area contributed by atoms with Gasteiger partial charge in [0.15, 0.2) is 0 Å². The van der Waals surface area contributed by atoms with E-state index in [4.69, 9.17) is 18.4 Å². The summed E-state index contributed by atoms with van der Waals surface area (Å²) in [7, 11) is 5.67. The smallest absolute Gasteiger partial charge is 0.146 e. The van der Waals surface area contributed by atoms with Gasteiger partial charge >= 0.3 is 0 Å². The number of rotatable bonds is 0. The lowest BCUT2D eigenvalue weighted by Gasteiger charge is -2.09. The van der Waals surface area contributed by atoms with Gasteiger partial charge < -0.3 is 10.2 Å². The zero-order valence-electron chi connectivity index (χ0n) is 7.66. The van der Waals surface area contributed by atoms with Gasteiger partial charge in [-0.3, -0.25) is 4.99 Å². The Kier molecular flexibility index (Phi) is 2.41. The van der Waals surface area contributed by atoms with Crippen molar-refractivity contribution in [1.82, 2.24) is 5.43 Å². The predicted octanol–water partition coefficient (Wildman–Crippen LogP) is -0.917. The summed E-state index contributed by atoms with van der Waals surface area (Å²) in [4.78, 5) is 4.22. The van der Waals surface area contributed by atoms with E-state index in [1.807, 2.05) is 6.07 Å². The largest absolute Gasteiger partial charge is 0.491 e. The number of amidine groups is 1. The van der Waals surface area contributed by atoms with Crippen LogP contribution < -0.4 is 21.5 Å². The summed E-state index contributed by atoms with van der Waals surface area (Å²) in [5.41, 5.74) is 4.02. The fourth-order valence-electron chi connectivity index (χ4n) is 1.38. The number of ether oxygens (including phenoxy) is 1. The molecule has 0 aromatic heterocycles. The normalized spacial score (nSPS) is 14.8. The molecule has 1 aromatic rings. The second-order valence-electron chi connectivity index (χ2n) is 2.98. The number of hydrogen-bond acceptors (Lipinski definition) is 4. The van der Waals surface area contributed by atoms with Gasteiger partial charge in [0.25, 0.3) is 0 Å². The minimum absolute atomic E-state index is 0.558. The minimum atomic E-state index is 0.558. The Morgan fingerprint density at radius 3 is 3.14 bits per heavy atom. The van der Waals surface area contributed by atoms with Crippen molar-refractivity contribution in [1.29, 1.82) is 0 Å². The Morgan fingerprint density at radius 2 is 2.36 bits per heavy atom. The number of nitrogens with zero attached hydrogens (tertiary/aromatic N) is 1. The number of benzene rings is 1. The van der Waals surface area contributed by atoms with Crippen molar-refractivity contribution in [3.05, 3.63) is 23.8 Å². The second kappa shape index (κ2) is 3.71. The Hall–Kier alpha value is -1.49. The van der Waals surface area contributed by atoms with E-state index in [1.165, 1.54) is 0 Å². The van der Waals surface area contributed by atoms with Crippen molar-refractivity contribution < 1.29 is 4.74 Å². The van der Waals surface area contributed by atoms with Gasteiger partial charge in [-0.05, 0) is 6.07 Å². The van der Waals surface area contributed by atoms with Gasteiger partial charge in [0.1, 0.15) is 26.0 Å². The number of aliphatic imine (C=N–C) groups is 1. The van der Waals surface area contributed by atoms with Crippen molar-refractivity contribution in [2.75, 3.05) is 13.2 Å². The molecular weight excluding hydrogens is 177 g/mol. The van der Waals surface area contributed by atoms with Crippen LogP contribution in [0, 0.1) is 0 Å². The van der Waals surface area contributed by atoms with E-state index < -0.39 is 0 Å². The van der Waals surface area contributed by atoms with E-state index in [1.54, 1.807) is 12.1 Å². The zero-order chi connectivity index (χ0) is 9.97. The molecule has 70 valence electrons. The van der Waals surface area contributed by atoms with Gasteiger partial charge in [-0.15, -0.1) is 0 Å². The number of hydrazine groups is 1. The average molecular weight is 187 g/mol. The summed E-state index contributed by atoms with van der Waals surface area (Å²) in [6, 6.07) is 5.40. The van der Waals surface area contributed by atoms with E-state index >= 15 is 0 Å². The Bertz CT molecular complexity index is 378. The van der Waals surface area contributed by atoms with Crippen molar-refractivity contribution in [3.8, 4) is 5.75 Å². The highest BCUT2D eigenvalue weighted by Crippen LogP contribution is 2.18. The average Bonchev–Trinajstić information content (AvgIpc) is 2.39. The summed E-state index contributed by atoms with van der Waals surface area (Å²) in [6.45, 7) is 1.15. The summed E-state index contributed by atoms with van der Waals surface area (Å²) >= 11 is 0. The van der Waals surface area contributed by atoms with Crippen LogP contribution in [0.25, 0.3) is 0 Å². The van der Waals surface area contributed by atoms with Crippen LogP contribution >= 0.6 is 0 Å². The molecule has 1 aliphatic rings.